The maximum Gasteiger partial charge on any atom is 0.0402 e. The Labute approximate surface area is 98.7 Å². The zero-order valence-corrected chi connectivity index (χ0v) is 10.7. The fourth-order valence-electron chi connectivity index (χ4n) is 2.42. The molecule has 2 heteroatoms. The highest BCUT2D eigenvalue weighted by atomic mass is 15.2. The first-order valence-corrected chi connectivity index (χ1v) is 6.20. The van der Waals surface area contributed by atoms with Gasteiger partial charge in [0.15, 0.2) is 0 Å². The lowest BCUT2D eigenvalue weighted by atomic mass is 10.0. The van der Waals surface area contributed by atoms with Gasteiger partial charge in [-0.15, -0.1) is 0 Å². The molecule has 1 aromatic carbocycles. The Morgan fingerprint density at radius 2 is 2.00 bits per heavy atom. The Balaban J connectivity index is 2.29. The summed E-state index contributed by atoms with van der Waals surface area (Å²) in [5.41, 5.74) is 4.34. The molecule has 0 saturated carbocycles. The number of hydrogen-bond donors (Lipinski definition) is 1. The largest absolute Gasteiger partial charge is 0.369 e. The van der Waals surface area contributed by atoms with Gasteiger partial charge in [0.05, 0.1) is 0 Å². The molecule has 1 aliphatic rings. The van der Waals surface area contributed by atoms with Crippen LogP contribution in [0.1, 0.15) is 37.9 Å². The molecule has 1 atom stereocenters. The van der Waals surface area contributed by atoms with Gasteiger partial charge in [0.1, 0.15) is 0 Å². The third-order valence-corrected chi connectivity index (χ3v) is 3.59. The Morgan fingerprint density at radius 3 is 2.62 bits per heavy atom. The summed E-state index contributed by atoms with van der Waals surface area (Å²) in [4.78, 5) is 2.49. The van der Waals surface area contributed by atoms with Crippen molar-refractivity contribution in [1.29, 1.82) is 0 Å². The van der Waals surface area contributed by atoms with Crippen LogP contribution in [0.25, 0.3) is 0 Å². The molecule has 0 bridgehead atoms. The number of fused-ring (bicyclic) bond motifs is 1. The summed E-state index contributed by atoms with van der Waals surface area (Å²) < 4.78 is 0. The molecule has 0 radical (unpaired) electrons. The van der Waals surface area contributed by atoms with Gasteiger partial charge >= 0.3 is 0 Å². The predicted octanol–water partition coefficient (Wildman–Crippen LogP) is 2.74. The number of benzene rings is 1. The minimum absolute atomic E-state index is 0.443. The summed E-state index contributed by atoms with van der Waals surface area (Å²) in [5, 5.41) is 3.29. The van der Waals surface area contributed by atoms with E-state index in [9.17, 15) is 0 Å². The molecule has 16 heavy (non-hydrogen) atoms. The summed E-state index contributed by atoms with van der Waals surface area (Å²) in [7, 11) is 2.01. The quantitative estimate of drug-likeness (QED) is 0.839. The summed E-state index contributed by atoms with van der Waals surface area (Å²) in [5.74, 6) is 0. The van der Waals surface area contributed by atoms with Crippen molar-refractivity contribution in [2.75, 3.05) is 18.5 Å². The van der Waals surface area contributed by atoms with E-state index in [-0.39, 0.29) is 0 Å². The van der Waals surface area contributed by atoms with Gasteiger partial charge < -0.3 is 10.2 Å². The Kier molecular flexibility index (Phi) is 3.20. The molecule has 0 aromatic heterocycles. The summed E-state index contributed by atoms with van der Waals surface area (Å²) in [6, 6.07) is 7.94. The fourth-order valence-corrected chi connectivity index (χ4v) is 2.42. The molecule has 88 valence electrons. The van der Waals surface area contributed by atoms with Crippen molar-refractivity contribution >= 4 is 5.69 Å². The van der Waals surface area contributed by atoms with Crippen molar-refractivity contribution < 1.29 is 0 Å². The van der Waals surface area contributed by atoms with Gasteiger partial charge in [0, 0.05) is 24.3 Å². The van der Waals surface area contributed by atoms with Crippen LogP contribution in [0.4, 0.5) is 5.69 Å². The minimum Gasteiger partial charge on any atom is -0.369 e. The van der Waals surface area contributed by atoms with Crippen molar-refractivity contribution in [1.82, 2.24) is 5.32 Å². The van der Waals surface area contributed by atoms with E-state index in [2.05, 4.69) is 49.2 Å². The van der Waals surface area contributed by atoms with Crippen molar-refractivity contribution in [3.05, 3.63) is 29.3 Å². The molecular weight excluding hydrogens is 196 g/mol. The van der Waals surface area contributed by atoms with E-state index in [0.29, 0.717) is 12.1 Å². The zero-order valence-electron chi connectivity index (χ0n) is 10.7. The number of nitrogens with zero attached hydrogens (tertiary/aromatic N) is 1. The molecule has 0 aliphatic carbocycles. The van der Waals surface area contributed by atoms with E-state index < -0.39 is 0 Å². The molecule has 0 saturated heterocycles. The van der Waals surface area contributed by atoms with Gasteiger partial charge in [-0.3, -0.25) is 0 Å². The highest BCUT2D eigenvalue weighted by molar-refractivity contribution is 5.59. The van der Waals surface area contributed by atoms with Gasteiger partial charge in [0.2, 0.25) is 0 Å². The van der Waals surface area contributed by atoms with Crippen LogP contribution in [0.5, 0.6) is 0 Å². The van der Waals surface area contributed by atoms with Crippen LogP contribution in [0, 0.1) is 0 Å². The van der Waals surface area contributed by atoms with E-state index in [1.54, 1.807) is 0 Å². The highest BCUT2D eigenvalue weighted by Crippen LogP contribution is 2.31. The molecule has 1 N–H and O–H groups in total. The first kappa shape index (κ1) is 11.5. The lowest BCUT2D eigenvalue weighted by Crippen LogP contribution is -2.28. The van der Waals surface area contributed by atoms with Crippen molar-refractivity contribution in [2.45, 2.75) is 39.3 Å². The molecule has 0 fully saturated rings. The van der Waals surface area contributed by atoms with Gasteiger partial charge in [0.25, 0.3) is 0 Å². The third-order valence-electron chi connectivity index (χ3n) is 3.59. The Bertz CT molecular complexity index is 371. The van der Waals surface area contributed by atoms with Crippen LogP contribution in [0.15, 0.2) is 18.2 Å². The smallest absolute Gasteiger partial charge is 0.0402 e. The van der Waals surface area contributed by atoms with Crippen molar-refractivity contribution in [3.63, 3.8) is 0 Å². The zero-order chi connectivity index (χ0) is 11.7. The van der Waals surface area contributed by atoms with Gasteiger partial charge in [-0.05, 0) is 51.4 Å². The highest BCUT2D eigenvalue weighted by Gasteiger charge is 2.21. The van der Waals surface area contributed by atoms with E-state index in [4.69, 9.17) is 0 Å². The average molecular weight is 218 g/mol. The van der Waals surface area contributed by atoms with Crippen molar-refractivity contribution in [2.24, 2.45) is 0 Å². The molecule has 1 heterocycles. The van der Waals surface area contributed by atoms with Crippen LogP contribution >= 0.6 is 0 Å². The number of rotatable bonds is 3. The lowest BCUT2D eigenvalue weighted by molar-refractivity contribution is 0.652. The average Bonchev–Trinajstić information content (AvgIpc) is 2.70. The second kappa shape index (κ2) is 4.46. The van der Waals surface area contributed by atoms with E-state index in [0.717, 1.165) is 0 Å². The van der Waals surface area contributed by atoms with Gasteiger partial charge in [-0.25, -0.2) is 0 Å². The molecule has 0 amide bonds. The molecule has 1 aliphatic heterocycles. The topological polar surface area (TPSA) is 15.3 Å². The molecule has 1 unspecified atom stereocenters. The SMILES string of the molecule is CNC(C)c1ccc2c(c1)CCN2C(C)C. The van der Waals surface area contributed by atoms with Crippen LogP contribution < -0.4 is 10.2 Å². The monoisotopic (exact) mass is 218 g/mol. The lowest BCUT2D eigenvalue weighted by Gasteiger charge is -2.24. The summed E-state index contributed by atoms with van der Waals surface area (Å²) in [6.07, 6.45) is 1.19. The normalized spacial score (nSPS) is 16.7. The van der Waals surface area contributed by atoms with Crippen LogP contribution in [0.2, 0.25) is 0 Å². The number of nitrogens with one attached hydrogen (secondary N) is 1. The van der Waals surface area contributed by atoms with Gasteiger partial charge in [-0.1, -0.05) is 12.1 Å². The first-order chi connectivity index (χ1) is 7.63. The maximum atomic E-state index is 3.29. The van der Waals surface area contributed by atoms with Crippen LogP contribution in [-0.4, -0.2) is 19.6 Å². The second-order valence-corrected chi connectivity index (χ2v) is 4.94. The third kappa shape index (κ3) is 1.94. The van der Waals surface area contributed by atoms with Gasteiger partial charge in [-0.2, -0.15) is 0 Å². The number of anilines is 1. The standard InChI is InChI=1S/C14H22N2/c1-10(2)16-8-7-13-9-12(11(3)15-4)5-6-14(13)16/h5-6,9-11,15H,7-8H2,1-4H3. The Hall–Kier alpha value is -1.02. The Morgan fingerprint density at radius 1 is 1.25 bits per heavy atom. The maximum absolute atomic E-state index is 3.29. The predicted molar refractivity (Wildman–Crippen MR) is 70.1 cm³/mol. The minimum atomic E-state index is 0.443. The van der Waals surface area contributed by atoms with E-state index in [1.807, 2.05) is 7.05 Å². The van der Waals surface area contributed by atoms with E-state index in [1.165, 1.54) is 29.8 Å². The number of hydrogen-bond acceptors (Lipinski definition) is 2. The summed E-state index contributed by atoms with van der Waals surface area (Å²) >= 11 is 0. The van der Waals surface area contributed by atoms with Crippen LogP contribution in [0.3, 0.4) is 0 Å². The summed E-state index contributed by atoms with van der Waals surface area (Å²) in [6.45, 7) is 7.90. The molecule has 0 spiro atoms. The molecule has 2 rings (SSSR count). The van der Waals surface area contributed by atoms with Crippen LogP contribution in [-0.2, 0) is 6.42 Å². The second-order valence-electron chi connectivity index (χ2n) is 4.94. The molecule has 2 nitrogen and oxygen atoms in total. The van der Waals surface area contributed by atoms with E-state index >= 15 is 0 Å². The fraction of sp³-hybridized carbons (Fsp3) is 0.571. The molecule has 1 aromatic rings. The molecular formula is C14H22N2. The first-order valence-electron chi connectivity index (χ1n) is 6.20. The van der Waals surface area contributed by atoms with Crippen molar-refractivity contribution in [3.8, 4) is 0 Å².